The third-order valence-electron chi connectivity index (χ3n) is 5.81. The van der Waals surface area contributed by atoms with Gasteiger partial charge in [0.05, 0.1) is 5.56 Å². The van der Waals surface area contributed by atoms with Gasteiger partial charge in [-0.1, -0.05) is 24.6 Å². The molecule has 1 aromatic heterocycles. The standard InChI is InChI=1S/C20H20F2N2O2/c21-17-9-2-1-7-15(17)19(25)24-11-13-5-3-6-14(12-24)20(13,26)16-8-4-10-23-18(16)22/h1-2,4,7-10,13-14,26H,3,5-6,11-12H2/t13-,14-/m0/s1. The van der Waals surface area contributed by atoms with Crippen LogP contribution in [0.5, 0.6) is 0 Å². The van der Waals surface area contributed by atoms with Crippen molar-refractivity contribution in [3.05, 3.63) is 65.5 Å². The molecule has 2 aromatic rings. The quantitative estimate of drug-likeness (QED) is 0.840. The minimum atomic E-state index is -1.34. The SMILES string of the molecule is O=C(c1ccccc1F)N1C[C@@H]2CCC[C@@H](C1)C2(O)c1cccnc1F. The molecule has 0 spiro atoms. The van der Waals surface area contributed by atoms with Crippen molar-refractivity contribution in [1.29, 1.82) is 0 Å². The van der Waals surface area contributed by atoms with Gasteiger partial charge >= 0.3 is 0 Å². The Morgan fingerprint density at radius 1 is 1.12 bits per heavy atom. The van der Waals surface area contributed by atoms with Gasteiger partial charge in [-0.05, 0) is 31.0 Å². The van der Waals surface area contributed by atoms with Crippen LogP contribution < -0.4 is 0 Å². The highest BCUT2D eigenvalue weighted by Gasteiger charge is 2.53. The first kappa shape index (κ1) is 17.1. The molecule has 1 aliphatic heterocycles. The Labute approximate surface area is 150 Å². The highest BCUT2D eigenvalue weighted by molar-refractivity contribution is 5.94. The number of halogens is 2. The van der Waals surface area contributed by atoms with E-state index in [0.29, 0.717) is 12.8 Å². The van der Waals surface area contributed by atoms with Crippen molar-refractivity contribution >= 4 is 5.91 Å². The molecule has 1 N–H and O–H groups in total. The van der Waals surface area contributed by atoms with Crippen LogP contribution in [0.2, 0.25) is 0 Å². The molecule has 2 fully saturated rings. The van der Waals surface area contributed by atoms with Crippen LogP contribution in [0.4, 0.5) is 8.78 Å². The molecule has 1 saturated heterocycles. The smallest absolute Gasteiger partial charge is 0.256 e. The van der Waals surface area contributed by atoms with Crippen molar-refractivity contribution in [2.24, 2.45) is 11.8 Å². The van der Waals surface area contributed by atoms with Gasteiger partial charge in [-0.15, -0.1) is 0 Å². The fourth-order valence-corrected chi connectivity index (χ4v) is 4.55. The summed E-state index contributed by atoms with van der Waals surface area (Å²) in [5, 5.41) is 11.4. The number of benzene rings is 1. The first-order valence-corrected chi connectivity index (χ1v) is 8.89. The first-order chi connectivity index (χ1) is 12.5. The molecular formula is C20H20F2N2O2. The van der Waals surface area contributed by atoms with Gasteiger partial charge in [0.15, 0.2) is 0 Å². The lowest BCUT2D eigenvalue weighted by atomic mass is 9.62. The first-order valence-electron chi connectivity index (χ1n) is 8.89. The lowest BCUT2D eigenvalue weighted by Crippen LogP contribution is -2.59. The second kappa shape index (κ2) is 6.43. The van der Waals surface area contributed by atoms with Gasteiger partial charge in [-0.3, -0.25) is 4.79 Å². The molecule has 136 valence electrons. The van der Waals surface area contributed by atoms with Crippen LogP contribution in [0.25, 0.3) is 0 Å². The van der Waals surface area contributed by atoms with Gasteiger partial charge in [-0.25, -0.2) is 9.37 Å². The highest BCUT2D eigenvalue weighted by atomic mass is 19.1. The maximum absolute atomic E-state index is 14.3. The Morgan fingerprint density at radius 2 is 1.81 bits per heavy atom. The number of rotatable bonds is 2. The Kier molecular flexibility index (Phi) is 4.23. The van der Waals surface area contributed by atoms with E-state index >= 15 is 0 Å². The third-order valence-corrected chi connectivity index (χ3v) is 5.81. The number of amides is 1. The zero-order chi connectivity index (χ0) is 18.3. The predicted molar refractivity (Wildman–Crippen MR) is 91.2 cm³/mol. The number of pyridine rings is 1. The van der Waals surface area contributed by atoms with E-state index in [0.717, 1.165) is 6.42 Å². The number of aliphatic hydroxyl groups is 1. The third kappa shape index (κ3) is 2.60. The minimum Gasteiger partial charge on any atom is -0.384 e. The molecule has 2 aliphatic rings. The number of aromatic nitrogens is 1. The Hall–Kier alpha value is -2.34. The summed E-state index contributed by atoms with van der Waals surface area (Å²) in [7, 11) is 0. The highest BCUT2D eigenvalue weighted by Crippen LogP contribution is 2.49. The molecule has 2 atom stereocenters. The van der Waals surface area contributed by atoms with Crippen molar-refractivity contribution in [3.63, 3.8) is 0 Å². The zero-order valence-corrected chi connectivity index (χ0v) is 14.2. The summed E-state index contributed by atoms with van der Waals surface area (Å²) in [6.07, 6.45) is 3.64. The molecule has 2 heterocycles. The number of carbonyl (C=O) groups excluding carboxylic acids is 1. The Bertz CT molecular complexity index is 828. The van der Waals surface area contributed by atoms with Crippen LogP contribution in [0, 0.1) is 23.6 Å². The van der Waals surface area contributed by atoms with Crippen LogP contribution >= 0.6 is 0 Å². The number of hydrogen-bond acceptors (Lipinski definition) is 3. The van der Waals surface area contributed by atoms with E-state index in [1.807, 2.05) is 0 Å². The molecule has 0 unspecified atom stereocenters. The van der Waals surface area contributed by atoms with Gasteiger partial charge in [-0.2, -0.15) is 4.39 Å². The van der Waals surface area contributed by atoms with E-state index in [1.165, 1.54) is 18.3 Å². The summed E-state index contributed by atoms with van der Waals surface area (Å²) in [4.78, 5) is 18.1. The predicted octanol–water partition coefficient (Wildman–Crippen LogP) is 3.12. The summed E-state index contributed by atoms with van der Waals surface area (Å²) in [6.45, 7) is 0.545. The lowest BCUT2D eigenvalue weighted by Gasteiger charge is -2.53. The van der Waals surface area contributed by atoms with E-state index in [-0.39, 0.29) is 42.0 Å². The molecule has 0 radical (unpaired) electrons. The van der Waals surface area contributed by atoms with E-state index in [2.05, 4.69) is 4.98 Å². The van der Waals surface area contributed by atoms with E-state index < -0.39 is 17.4 Å². The molecule has 1 aliphatic carbocycles. The van der Waals surface area contributed by atoms with Crippen LogP contribution in [0.3, 0.4) is 0 Å². The van der Waals surface area contributed by atoms with Crippen molar-refractivity contribution < 1.29 is 18.7 Å². The second-order valence-electron chi connectivity index (χ2n) is 7.18. The summed E-state index contributed by atoms with van der Waals surface area (Å²) >= 11 is 0. The Balaban J connectivity index is 1.66. The minimum absolute atomic E-state index is 0.0311. The van der Waals surface area contributed by atoms with Gasteiger partial charge in [0, 0.05) is 36.7 Å². The normalized spacial score (nSPS) is 28.0. The molecule has 26 heavy (non-hydrogen) atoms. The van der Waals surface area contributed by atoms with Crippen LogP contribution in [0.1, 0.15) is 35.2 Å². The average Bonchev–Trinajstić information content (AvgIpc) is 2.61. The molecular weight excluding hydrogens is 338 g/mol. The molecule has 4 nitrogen and oxygen atoms in total. The van der Waals surface area contributed by atoms with Crippen molar-refractivity contribution in [2.45, 2.75) is 24.9 Å². The summed E-state index contributed by atoms with van der Waals surface area (Å²) < 4.78 is 28.3. The lowest BCUT2D eigenvalue weighted by molar-refractivity contribution is -0.141. The largest absolute Gasteiger partial charge is 0.384 e. The number of piperidine rings is 1. The molecule has 2 bridgehead atoms. The van der Waals surface area contributed by atoms with Crippen LogP contribution in [-0.4, -0.2) is 34.0 Å². The van der Waals surface area contributed by atoms with Crippen molar-refractivity contribution in [3.8, 4) is 0 Å². The number of hydrogen-bond donors (Lipinski definition) is 1. The van der Waals surface area contributed by atoms with Gasteiger partial charge in [0.1, 0.15) is 11.4 Å². The average molecular weight is 358 g/mol. The number of nitrogens with zero attached hydrogens (tertiary/aromatic N) is 2. The van der Waals surface area contributed by atoms with E-state index in [9.17, 15) is 18.7 Å². The molecule has 6 heteroatoms. The number of fused-ring (bicyclic) bond motifs is 2. The van der Waals surface area contributed by atoms with E-state index in [1.54, 1.807) is 29.2 Å². The number of likely N-dealkylation sites (tertiary alicyclic amines) is 1. The van der Waals surface area contributed by atoms with E-state index in [4.69, 9.17) is 0 Å². The fraction of sp³-hybridized carbons (Fsp3) is 0.400. The fourth-order valence-electron chi connectivity index (χ4n) is 4.55. The van der Waals surface area contributed by atoms with Gasteiger partial charge in [0.2, 0.25) is 5.95 Å². The molecule has 1 amide bonds. The van der Waals surface area contributed by atoms with Gasteiger partial charge < -0.3 is 10.0 Å². The topological polar surface area (TPSA) is 53.4 Å². The molecule has 4 rings (SSSR count). The van der Waals surface area contributed by atoms with Crippen LogP contribution in [0.15, 0.2) is 42.6 Å². The Morgan fingerprint density at radius 3 is 2.46 bits per heavy atom. The zero-order valence-electron chi connectivity index (χ0n) is 14.2. The molecule has 1 saturated carbocycles. The number of carbonyl (C=O) groups is 1. The van der Waals surface area contributed by atoms with Gasteiger partial charge in [0.25, 0.3) is 5.91 Å². The van der Waals surface area contributed by atoms with Crippen LogP contribution in [-0.2, 0) is 5.60 Å². The maximum atomic E-state index is 14.3. The summed E-state index contributed by atoms with van der Waals surface area (Å²) in [5.41, 5.74) is -1.11. The maximum Gasteiger partial charge on any atom is 0.256 e. The van der Waals surface area contributed by atoms with Crippen molar-refractivity contribution in [1.82, 2.24) is 9.88 Å². The summed E-state index contributed by atoms with van der Waals surface area (Å²) in [6, 6.07) is 9.09. The molecule has 1 aromatic carbocycles. The van der Waals surface area contributed by atoms with Crippen molar-refractivity contribution in [2.75, 3.05) is 13.1 Å². The monoisotopic (exact) mass is 358 g/mol. The second-order valence-corrected chi connectivity index (χ2v) is 7.18. The summed E-state index contributed by atoms with van der Waals surface area (Å²) in [5.74, 6) is -2.20.